The third-order valence-corrected chi connectivity index (χ3v) is 3.25. The molecule has 2 unspecified atom stereocenters. The molecular formula is C11H19N3O. The van der Waals surface area contributed by atoms with Crippen LogP contribution in [0.2, 0.25) is 0 Å². The number of hydrogen-bond acceptors (Lipinski definition) is 3. The minimum absolute atomic E-state index is 0.397. The Kier molecular flexibility index (Phi) is 2.69. The van der Waals surface area contributed by atoms with E-state index in [1.165, 1.54) is 12.0 Å². The number of ether oxygens (including phenoxy) is 1. The molecule has 2 rings (SSSR count). The van der Waals surface area contributed by atoms with Gasteiger partial charge in [-0.25, -0.2) is 4.68 Å². The molecule has 4 nitrogen and oxygen atoms in total. The topological polar surface area (TPSA) is 39.1 Å². The van der Waals surface area contributed by atoms with Crippen LogP contribution in [0.25, 0.3) is 0 Å². The molecule has 0 aromatic carbocycles. The van der Waals surface area contributed by atoms with E-state index in [1.807, 2.05) is 18.7 Å². The smallest absolute Gasteiger partial charge is 0.216 e. The van der Waals surface area contributed by atoms with Crippen molar-refractivity contribution in [2.75, 3.05) is 13.7 Å². The van der Waals surface area contributed by atoms with Crippen LogP contribution in [-0.4, -0.2) is 23.4 Å². The van der Waals surface area contributed by atoms with Crippen LogP contribution in [0.1, 0.15) is 30.6 Å². The molecule has 2 heterocycles. The second-order valence-electron chi connectivity index (χ2n) is 4.33. The zero-order chi connectivity index (χ0) is 11.0. The Labute approximate surface area is 90.6 Å². The van der Waals surface area contributed by atoms with Crippen LogP contribution in [0.15, 0.2) is 0 Å². The molecule has 0 saturated carbocycles. The standard InChI is InChI=1S/C11H19N3O/c1-7-5-6-12-10(7)9-8(2)13-14(3)11(9)15-4/h7,10,12H,5-6H2,1-4H3. The maximum Gasteiger partial charge on any atom is 0.216 e. The van der Waals surface area contributed by atoms with Crippen LogP contribution in [-0.2, 0) is 7.05 Å². The average molecular weight is 209 g/mol. The fourth-order valence-electron chi connectivity index (χ4n) is 2.47. The lowest BCUT2D eigenvalue weighted by Crippen LogP contribution is -2.17. The van der Waals surface area contributed by atoms with Gasteiger partial charge in [-0.15, -0.1) is 0 Å². The highest BCUT2D eigenvalue weighted by atomic mass is 16.5. The lowest BCUT2D eigenvalue weighted by molar-refractivity contribution is 0.359. The number of hydrogen-bond donors (Lipinski definition) is 1. The summed E-state index contributed by atoms with van der Waals surface area (Å²) in [6.45, 7) is 5.41. The molecule has 1 fully saturated rings. The van der Waals surface area contributed by atoms with Crippen LogP contribution in [0.4, 0.5) is 0 Å². The normalized spacial score (nSPS) is 25.9. The lowest BCUT2D eigenvalue weighted by Gasteiger charge is -2.16. The van der Waals surface area contributed by atoms with Crippen molar-refractivity contribution in [3.8, 4) is 5.88 Å². The van der Waals surface area contributed by atoms with Gasteiger partial charge in [-0.2, -0.15) is 5.10 Å². The van der Waals surface area contributed by atoms with Gasteiger partial charge >= 0.3 is 0 Å². The van der Waals surface area contributed by atoms with Crippen LogP contribution in [0.5, 0.6) is 5.88 Å². The van der Waals surface area contributed by atoms with Gasteiger partial charge < -0.3 is 10.1 Å². The molecule has 0 spiro atoms. The lowest BCUT2D eigenvalue weighted by atomic mass is 9.96. The summed E-state index contributed by atoms with van der Waals surface area (Å²) < 4.78 is 7.24. The van der Waals surface area contributed by atoms with Crippen molar-refractivity contribution in [2.24, 2.45) is 13.0 Å². The number of methoxy groups -OCH3 is 1. The zero-order valence-electron chi connectivity index (χ0n) is 9.87. The Morgan fingerprint density at radius 3 is 2.80 bits per heavy atom. The van der Waals surface area contributed by atoms with Gasteiger partial charge in [0.25, 0.3) is 0 Å². The third kappa shape index (κ3) is 1.63. The van der Waals surface area contributed by atoms with Crippen molar-refractivity contribution in [2.45, 2.75) is 26.3 Å². The molecule has 0 radical (unpaired) electrons. The molecule has 4 heteroatoms. The summed E-state index contributed by atoms with van der Waals surface area (Å²) >= 11 is 0. The molecule has 1 saturated heterocycles. The Hall–Kier alpha value is -1.03. The second kappa shape index (κ2) is 3.85. The first-order valence-corrected chi connectivity index (χ1v) is 5.46. The Morgan fingerprint density at radius 2 is 2.27 bits per heavy atom. The summed E-state index contributed by atoms with van der Waals surface area (Å²) in [7, 11) is 3.63. The van der Waals surface area contributed by atoms with Gasteiger partial charge in [0.15, 0.2) is 0 Å². The molecule has 0 aliphatic carbocycles. The minimum atomic E-state index is 0.397. The van der Waals surface area contributed by atoms with Crippen molar-refractivity contribution >= 4 is 0 Å². The summed E-state index contributed by atoms with van der Waals surface area (Å²) in [6.07, 6.45) is 1.22. The second-order valence-corrected chi connectivity index (χ2v) is 4.33. The van der Waals surface area contributed by atoms with Crippen molar-refractivity contribution in [3.05, 3.63) is 11.3 Å². The van der Waals surface area contributed by atoms with Gasteiger partial charge in [-0.05, 0) is 25.8 Å². The van der Waals surface area contributed by atoms with E-state index in [0.717, 1.165) is 18.1 Å². The van der Waals surface area contributed by atoms with Gasteiger partial charge in [0, 0.05) is 13.1 Å². The van der Waals surface area contributed by atoms with Gasteiger partial charge in [-0.3, -0.25) is 0 Å². The SMILES string of the molecule is COc1c(C2NCCC2C)c(C)nn1C. The molecule has 2 atom stereocenters. The molecule has 1 aliphatic heterocycles. The predicted molar refractivity (Wildman–Crippen MR) is 59.0 cm³/mol. The summed E-state index contributed by atoms with van der Waals surface area (Å²) in [4.78, 5) is 0. The molecule has 1 aromatic heterocycles. The number of rotatable bonds is 2. The van der Waals surface area contributed by atoms with Gasteiger partial charge in [-0.1, -0.05) is 6.92 Å². The van der Waals surface area contributed by atoms with E-state index in [4.69, 9.17) is 4.74 Å². The van der Waals surface area contributed by atoms with Crippen LogP contribution < -0.4 is 10.1 Å². The average Bonchev–Trinajstić information content (AvgIpc) is 2.70. The fourth-order valence-corrected chi connectivity index (χ4v) is 2.47. The molecule has 1 N–H and O–H groups in total. The maximum absolute atomic E-state index is 5.42. The number of aromatic nitrogens is 2. The van der Waals surface area contributed by atoms with Crippen molar-refractivity contribution < 1.29 is 4.74 Å². The molecule has 1 aliphatic rings. The molecule has 1 aromatic rings. The summed E-state index contributed by atoms with van der Waals surface area (Å²) in [5.74, 6) is 1.54. The molecule has 84 valence electrons. The van der Waals surface area contributed by atoms with Crippen molar-refractivity contribution in [3.63, 3.8) is 0 Å². The van der Waals surface area contributed by atoms with Crippen LogP contribution in [0.3, 0.4) is 0 Å². The van der Waals surface area contributed by atoms with Crippen LogP contribution in [0, 0.1) is 12.8 Å². The summed E-state index contributed by atoms with van der Waals surface area (Å²) in [6, 6.07) is 0.397. The van der Waals surface area contributed by atoms with E-state index in [1.54, 1.807) is 7.11 Å². The van der Waals surface area contributed by atoms with Crippen molar-refractivity contribution in [1.82, 2.24) is 15.1 Å². The van der Waals surface area contributed by atoms with Gasteiger partial charge in [0.05, 0.1) is 18.4 Å². The van der Waals surface area contributed by atoms with Gasteiger partial charge in [0.2, 0.25) is 5.88 Å². The largest absolute Gasteiger partial charge is 0.481 e. The Morgan fingerprint density at radius 1 is 1.53 bits per heavy atom. The molecular weight excluding hydrogens is 190 g/mol. The number of nitrogens with one attached hydrogen (secondary N) is 1. The quantitative estimate of drug-likeness (QED) is 0.800. The monoisotopic (exact) mass is 209 g/mol. The summed E-state index contributed by atoms with van der Waals surface area (Å²) in [5.41, 5.74) is 2.30. The first-order valence-electron chi connectivity index (χ1n) is 5.46. The zero-order valence-corrected chi connectivity index (χ0v) is 9.87. The van der Waals surface area contributed by atoms with E-state index >= 15 is 0 Å². The fraction of sp³-hybridized carbons (Fsp3) is 0.727. The van der Waals surface area contributed by atoms with E-state index in [2.05, 4.69) is 17.3 Å². The minimum Gasteiger partial charge on any atom is -0.481 e. The highest BCUT2D eigenvalue weighted by Gasteiger charge is 2.30. The summed E-state index contributed by atoms with van der Waals surface area (Å²) in [5, 5.41) is 7.93. The predicted octanol–water partition coefficient (Wildman–Crippen LogP) is 1.41. The van der Waals surface area contributed by atoms with E-state index < -0.39 is 0 Å². The number of nitrogens with zero attached hydrogens (tertiary/aromatic N) is 2. The maximum atomic E-state index is 5.42. The van der Waals surface area contributed by atoms with E-state index in [9.17, 15) is 0 Å². The Bertz CT molecular complexity index is 359. The van der Waals surface area contributed by atoms with Crippen LogP contribution >= 0.6 is 0 Å². The highest BCUT2D eigenvalue weighted by molar-refractivity contribution is 5.35. The number of aryl methyl sites for hydroxylation is 2. The molecule has 0 bridgehead atoms. The van der Waals surface area contributed by atoms with Gasteiger partial charge in [0.1, 0.15) is 0 Å². The molecule has 0 amide bonds. The first kappa shape index (κ1) is 10.5. The first-order chi connectivity index (χ1) is 7.15. The van der Waals surface area contributed by atoms with E-state index in [-0.39, 0.29) is 0 Å². The molecule has 15 heavy (non-hydrogen) atoms. The third-order valence-electron chi connectivity index (χ3n) is 3.25. The van der Waals surface area contributed by atoms with Crippen molar-refractivity contribution in [1.29, 1.82) is 0 Å². The highest BCUT2D eigenvalue weighted by Crippen LogP contribution is 2.36. The van der Waals surface area contributed by atoms with E-state index in [0.29, 0.717) is 12.0 Å². The Balaban J connectivity index is 2.41.